The predicted octanol–water partition coefficient (Wildman–Crippen LogP) is 1.72. The number of piperidine rings is 2. The highest BCUT2D eigenvalue weighted by molar-refractivity contribution is 6.27. The Hall–Kier alpha value is -0.770. The van der Waals surface area contributed by atoms with Crippen LogP contribution in [0.5, 0.6) is 0 Å². The SMILES string of the molecule is C[C@H]1CCCN(C(=O)C2CCN(C(=O)CCl)CC2)C1. The topological polar surface area (TPSA) is 40.6 Å². The van der Waals surface area contributed by atoms with Crippen LogP contribution in [0.4, 0.5) is 0 Å². The van der Waals surface area contributed by atoms with Gasteiger partial charge in [-0.2, -0.15) is 0 Å². The van der Waals surface area contributed by atoms with E-state index in [1.165, 1.54) is 6.42 Å². The molecule has 0 aromatic heterocycles. The van der Waals surface area contributed by atoms with Crippen molar-refractivity contribution in [2.45, 2.75) is 32.6 Å². The lowest BCUT2D eigenvalue weighted by Gasteiger charge is -2.37. The first-order chi connectivity index (χ1) is 9.11. The zero-order chi connectivity index (χ0) is 13.8. The third-order valence-corrected chi connectivity index (χ3v) is 4.51. The van der Waals surface area contributed by atoms with Crippen LogP contribution >= 0.6 is 11.6 Å². The average molecular weight is 287 g/mol. The number of rotatable bonds is 2. The van der Waals surface area contributed by atoms with E-state index in [9.17, 15) is 9.59 Å². The van der Waals surface area contributed by atoms with Crippen LogP contribution in [0.1, 0.15) is 32.6 Å². The van der Waals surface area contributed by atoms with Gasteiger partial charge in [-0.3, -0.25) is 9.59 Å². The maximum absolute atomic E-state index is 12.4. The lowest BCUT2D eigenvalue weighted by molar-refractivity contribution is -0.141. The monoisotopic (exact) mass is 286 g/mol. The molecule has 4 nitrogen and oxygen atoms in total. The largest absolute Gasteiger partial charge is 0.342 e. The number of halogens is 1. The molecule has 0 aromatic carbocycles. The van der Waals surface area contributed by atoms with Crippen LogP contribution in [-0.4, -0.2) is 53.7 Å². The lowest BCUT2D eigenvalue weighted by Crippen LogP contribution is -2.47. The third-order valence-electron chi connectivity index (χ3n) is 4.28. The second-order valence-electron chi connectivity index (χ2n) is 5.82. The van der Waals surface area contributed by atoms with Crippen LogP contribution in [0.15, 0.2) is 0 Å². The molecule has 5 heteroatoms. The fourth-order valence-corrected chi connectivity index (χ4v) is 3.28. The van der Waals surface area contributed by atoms with Crippen molar-refractivity contribution >= 4 is 23.4 Å². The van der Waals surface area contributed by atoms with Crippen LogP contribution in [0.3, 0.4) is 0 Å². The van der Waals surface area contributed by atoms with Gasteiger partial charge in [0.15, 0.2) is 0 Å². The van der Waals surface area contributed by atoms with Gasteiger partial charge in [0.1, 0.15) is 5.88 Å². The Morgan fingerprint density at radius 3 is 2.37 bits per heavy atom. The molecule has 2 saturated heterocycles. The van der Waals surface area contributed by atoms with Crippen LogP contribution in [0.2, 0.25) is 0 Å². The average Bonchev–Trinajstić information content (AvgIpc) is 2.46. The lowest BCUT2D eigenvalue weighted by atomic mass is 9.93. The Bertz CT molecular complexity index is 340. The summed E-state index contributed by atoms with van der Waals surface area (Å²) in [5, 5.41) is 0. The van der Waals surface area contributed by atoms with Gasteiger partial charge in [0.2, 0.25) is 11.8 Å². The fraction of sp³-hybridized carbons (Fsp3) is 0.857. The Morgan fingerprint density at radius 2 is 1.79 bits per heavy atom. The molecule has 0 spiro atoms. The first-order valence-electron chi connectivity index (χ1n) is 7.24. The summed E-state index contributed by atoms with van der Waals surface area (Å²) in [6.45, 7) is 5.36. The Balaban J connectivity index is 1.83. The van der Waals surface area contributed by atoms with Gasteiger partial charge in [0.25, 0.3) is 0 Å². The van der Waals surface area contributed by atoms with Crippen molar-refractivity contribution in [3.8, 4) is 0 Å². The quantitative estimate of drug-likeness (QED) is 0.725. The smallest absolute Gasteiger partial charge is 0.237 e. The van der Waals surface area contributed by atoms with E-state index in [2.05, 4.69) is 6.92 Å². The van der Waals surface area contributed by atoms with E-state index in [1.807, 2.05) is 4.90 Å². The van der Waals surface area contributed by atoms with Gasteiger partial charge in [-0.1, -0.05) is 6.92 Å². The molecular weight excluding hydrogens is 264 g/mol. The van der Waals surface area contributed by atoms with Crippen molar-refractivity contribution in [3.63, 3.8) is 0 Å². The number of hydrogen-bond acceptors (Lipinski definition) is 2. The molecule has 0 saturated carbocycles. The van der Waals surface area contributed by atoms with E-state index < -0.39 is 0 Å². The molecule has 2 heterocycles. The third kappa shape index (κ3) is 3.62. The fourth-order valence-electron chi connectivity index (χ4n) is 3.11. The normalized spacial score (nSPS) is 25.5. The maximum atomic E-state index is 12.4. The van der Waals surface area contributed by atoms with Crippen molar-refractivity contribution < 1.29 is 9.59 Å². The molecular formula is C14H23ClN2O2. The van der Waals surface area contributed by atoms with Gasteiger partial charge in [0.05, 0.1) is 0 Å². The summed E-state index contributed by atoms with van der Waals surface area (Å²) in [4.78, 5) is 27.7. The first-order valence-corrected chi connectivity index (χ1v) is 7.77. The molecule has 2 amide bonds. The molecule has 1 atom stereocenters. The highest BCUT2D eigenvalue weighted by Crippen LogP contribution is 2.23. The molecule has 0 aliphatic carbocycles. The molecule has 2 aliphatic heterocycles. The van der Waals surface area contributed by atoms with Crippen molar-refractivity contribution in [1.29, 1.82) is 0 Å². The zero-order valence-corrected chi connectivity index (χ0v) is 12.4. The molecule has 19 heavy (non-hydrogen) atoms. The van der Waals surface area contributed by atoms with Crippen molar-refractivity contribution in [2.75, 3.05) is 32.1 Å². The van der Waals surface area contributed by atoms with Gasteiger partial charge in [-0.25, -0.2) is 0 Å². The van der Waals surface area contributed by atoms with E-state index in [-0.39, 0.29) is 17.7 Å². The highest BCUT2D eigenvalue weighted by atomic mass is 35.5. The molecule has 2 fully saturated rings. The summed E-state index contributed by atoms with van der Waals surface area (Å²) in [6, 6.07) is 0. The van der Waals surface area contributed by atoms with Crippen molar-refractivity contribution in [2.24, 2.45) is 11.8 Å². The van der Waals surface area contributed by atoms with Gasteiger partial charge >= 0.3 is 0 Å². The number of carbonyl (C=O) groups excluding carboxylic acids is 2. The molecule has 0 radical (unpaired) electrons. The standard InChI is InChI=1S/C14H23ClN2O2/c1-11-3-2-6-17(10-11)14(19)12-4-7-16(8-5-12)13(18)9-15/h11-12H,2-10H2,1H3/t11-/m0/s1. The minimum atomic E-state index is -0.0147. The molecule has 0 N–H and O–H groups in total. The molecule has 2 aliphatic rings. The van der Waals surface area contributed by atoms with E-state index in [4.69, 9.17) is 11.6 Å². The molecule has 108 valence electrons. The minimum Gasteiger partial charge on any atom is -0.342 e. The Labute approximate surface area is 120 Å². The molecule has 2 rings (SSSR count). The van der Waals surface area contributed by atoms with Gasteiger partial charge in [-0.05, 0) is 31.6 Å². The second-order valence-corrected chi connectivity index (χ2v) is 6.09. The van der Waals surface area contributed by atoms with Crippen molar-refractivity contribution in [1.82, 2.24) is 9.80 Å². The van der Waals surface area contributed by atoms with E-state index >= 15 is 0 Å². The van der Waals surface area contributed by atoms with Crippen LogP contribution in [-0.2, 0) is 9.59 Å². The summed E-state index contributed by atoms with van der Waals surface area (Å²) in [7, 11) is 0. The number of alkyl halides is 1. The summed E-state index contributed by atoms with van der Waals surface area (Å²) >= 11 is 5.56. The minimum absolute atomic E-state index is 0.0147. The number of amides is 2. The maximum Gasteiger partial charge on any atom is 0.237 e. The van der Waals surface area contributed by atoms with Crippen molar-refractivity contribution in [3.05, 3.63) is 0 Å². The second kappa shape index (κ2) is 6.60. The zero-order valence-electron chi connectivity index (χ0n) is 11.6. The Kier molecular flexibility index (Phi) is 5.08. The summed E-state index contributed by atoms with van der Waals surface area (Å²) in [5.41, 5.74) is 0. The molecule has 0 aromatic rings. The first kappa shape index (κ1) is 14.6. The van der Waals surface area contributed by atoms with E-state index in [0.717, 1.165) is 32.4 Å². The van der Waals surface area contributed by atoms with Gasteiger partial charge in [0, 0.05) is 32.1 Å². The number of carbonyl (C=O) groups is 2. The van der Waals surface area contributed by atoms with Crippen LogP contribution in [0, 0.1) is 11.8 Å². The van der Waals surface area contributed by atoms with Gasteiger partial charge in [-0.15, -0.1) is 11.6 Å². The number of nitrogens with zero attached hydrogens (tertiary/aromatic N) is 2. The van der Waals surface area contributed by atoms with E-state index in [0.29, 0.717) is 24.9 Å². The summed E-state index contributed by atoms with van der Waals surface area (Å²) in [5.74, 6) is 1.05. The molecule has 0 bridgehead atoms. The van der Waals surface area contributed by atoms with Crippen LogP contribution in [0.25, 0.3) is 0 Å². The summed E-state index contributed by atoms with van der Waals surface area (Å²) < 4.78 is 0. The number of likely N-dealkylation sites (tertiary alicyclic amines) is 2. The van der Waals surface area contributed by atoms with E-state index in [1.54, 1.807) is 4.90 Å². The number of hydrogen-bond donors (Lipinski definition) is 0. The summed E-state index contributed by atoms with van der Waals surface area (Å²) in [6.07, 6.45) is 3.92. The highest BCUT2D eigenvalue weighted by Gasteiger charge is 2.31. The van der Waals surface area contributed by atoms with Crippen LogP contribution < -0.4 is 0 Å². The predicted molar refractivity (Wildman–Crippen MR) is 75.0 cm³/mol. The van der Waals surface area contributed by atoms with Gasteiger partial charge < -0.3 is 9.80 Å². The Morgan fingerprint density at radius 1 is 1.11 bits per heavy atom. The molecule has 0 unspecified atom stereocenters.